The number of hydrogen-bond donors (Lipinski definition) is 3. The Morgan fingerprint density at radius 2 is 1.92 bits per heavy atom. The standard InChI is InChI=1S/C26H27FN4O6/c1-28-24(35)29-18-6-8-20-16(12-18)10-11-26(20)23(34)30(25(36)37-26)13-22(33)31-19(14-32)7-9-21(31)15-2-4-17(27)5-3-15/h2-6,8,12,19,21,32H,7,9-11,13-14H2,1H3,(H2,28,29,35)/t19-,21?,26?/m0/s1. The first-order valence-electron chi connectivity index (χ1n) is 12.1. The number of aliphatic hydroxyl groups is 1. The van der Waals surface area contributed by atoms with Crippen LogP contribution in [0.5, 0.6) is 0 Å². The first-order chi connectivity index (χ1) is 17.8. The highest BCUT2D eigenvalue weighted by Crippen LogP contribution is 2.46. The molecule has 2 saturated heterocycles. The lowest BCUT2D eigenvalue weighted by molar-refractivity contribution is -0.143. The normalized spacial score (nSPS) is 24.4. The first-order valence-corrected chi connectivity index (χ1v) is 12.1. The molecule has 0 saturated carbocycles. The van der Waals surface area contributed by atoms with Gasteiger partial charge in [-0.15, -0.1) is 0 Å². The zero-order chi connectivity index (χ0) is 26.3. The average Bonchev–Trinajstić information content (AvgIpc) is 3.55. The number of imide groups is 1. The van der Waals surface area contributed by atoms with Gasteiger partial charge in [-0.2, -0.15) is 0 Å². The van der Waals surface area contributed by atoms with E-state index in [0.29, 0.717) is 36.1 Å². The zero-order valence-electron chi connectivity index (χ0n) is 20.2. The first kappa shape index (κ1) is 24.7. The lowest BCUT2D eigenvalue weighted by Gasteiger charge is -2.31. The number of hydrogen-bond acceptors (Lipinski definition) is 6. The van der Waals surface area contributed by atoms with Crippen LogP contribution in [0.1, 0.15) is 42.0 Å². The molecule has 1 aliphatic carbocycles. The number of urea groups is 1. The Balaban J connectivity index is 1.36. The number of likely N-dealkylation sites (tertiary alicyclic amines) is 1. The highest BCUT2D eigenvalue weighted by Gasteiger charge is 2.58. The van der Waals surface area contributed by atoms with Crippen LogP contribution in [0, 0.1) is 5.82 Å². The predicted molar refractivity (Wildman–Crippen MR) is 129 cm³/mol. The van der Waals surface area contributed by atoms with Crippen molar-refractivity contribution in [3.8, 4) is 0 Å². The minimum atomic E-state index is -1.52. The van der Waals surface area contributed by atoms with E-state index in [0.717, 1.165) is 10.5 Å². The molecule has 0 bridgehead atoms. The van der Waals surface area contributed by atoms with Gasteiger partial charge >= 0.3 is 12.1 Å². The van der Waals surface area contributed by atoms with E-state index in [4.69, 9.17) is 4.74 Å². The van der Waals surface area contributed by atoms with Gasteiger partial charge in [-0.05, 0) is 54.7 Å². The van der Waals surface area contributed by atoms with Gasteiger partial charge in [0.25, 0.3) is 5.91 Å². The van der Waals surface area contributed by atoms with Crippen molar-refractivity contribution in [2.45, 2.75) is 43.4 Å². The number of benzene rings is 2. The molecule has 0 radical (unpaired) electrons. The number of ether oxygens (including phenoxy) is 1. The molecule has 11 heteroatoms. The molecule has 2 aliphatic heterocycles. The van der Waals surface area contributed by atoms with Crippen LogP contribution in [0.15, 0.2) is 42.5 Å². The second-order valence-electron chi connectivity index (χ2n) is 9.44. The molecule has 2 fully saturated rings. The molecule has 2 heterocycles. The van der Waals surface area contributed by atoms with E-state index in [2.05, 4.69) is 10.6 Å². The van der Waals surface area contributed by atoms with Crippen LogP contribution in [0.4, 0.5) is 19.7 Å². The molecule has 2 aromatic carbocycles. The number of rotatable bonds is 5. The highest BCUT2D eigenvalue weighted by molar-refractivity contribution is 6.06. The fourth-order valence-electron chi connectivity index (χ4n) is 5.59. The molecule has 2 unspecified atom stereocenters. The molecule has 3 aliphatic rings. The third-order valence-electron chi connectivity index (χ3n) is 7.39. The number of carbonyl (C=O) groups excluding carboxylic acids is 4. The van der Waals surface area contributed by atoms with E-state index in [1.165, 1.54) is 24.1 Å². The van der Waals surface area contributed by atoms with Gasteiger partial charge in [0.15, 0.2) is 0 Å². The number of anilines is 1. The van der Waals surface area contributed by atoms with Crippen LogP contribution < -0.4 is 10.6 Å². The molecular formula is C26H27FN4O6. The van der Waals surface area contributed by atoms with Crippen molar-refractivity contribution < 1.29 is 33.4 Å². The van der Waals surface area contributed by atoms with Crippen LogP contribution in [0.25, 0.3) is 0 Å². The average molecular weight is 511 g/mol. The van der Waals surface area contributed by atoms with E-state index >= 15 is 0 Å². The fraction of sp³-hybridized carbons (Fsp3) is 0.385. The largest absolute Gasteiger partial charge is 0.427 e. The van der Waals surface area contributed by atoms with E-state index in [1.807, 2.05) is 0 Å². The Morgan fingerprint density at radius 1 is 1.16 bits per heavy atom. The minimum Gasteiger partial charge on any atom is -0.427 e. The molecule has 0 aromatic heterocycles. The molecule has 1 spiro atoms. The lowest BCUT2D eigenvalue weighted by Crippen LogP contribution is -2.47. The summed E-state index contributed by atoms with van der Waals surface area (Å²) in [4.78, 5) is 53.8. The van der Waals surface area contributed by atoms with Crippen molar-refractivity contribution >= 4 is 29.6 Å². The van der Waals surface area contributed by atoms with Crippen molar-refractivity contribution in [3.63, 3.8) is 0 Å². The van der Waals surface area contributed by atoms with Crippen molar-refractivity contribution in [1.29, 1.82) is 0 Å². The van der Waals surface area contributed by atoms with E-state index in [9.17, 15) is 28.7 Å². The summed E-state index contributed by atoms with van der Waals surface area (Å²) in [7, 11) is 1.50. The maximum atomic E-state index is 13.5. The number of aliphatic hydroxyl groups excluding tert-OH is 1. The lowest BCUT2D eigenvalue weighted by atomic mass is 9.94. The van der Waals surface area contributed by atoms with Gasteiger partial charge in [-0.25, -0.2) is 18.9 Å². The number of carbonyl (C=O) groups is 4. The Bertz CT molecular complexity index is 1270. The minimum absolute atomic E-state index is 0.224. The number of nitrogens with one attached hydrogen (secondary N) is 2. The second kappa shape index (κ2) is 9.47. The van der Waals surface area contributed by atoms with Crippen LogP contribution in [-0.2, 0) is 26.3 Å². The topological polar surface area (TPSA) is 128 Å². The Labute approximate surface area is 212 Å². The van der Waals surface area contributed by atoms with Crippen LogP contribution in [-0.4, -0.2) is 65.1 Å². The number of amides is 5. The van der Waals surface area contributed by atoms with Gasteiger partial charge in [0.1, 0.15) is 12.4 Å². The Morgan fingerprint density at radius 3 is 2.62 bits per heavy atom. The molecular weight excluding hydrogens is 483 g/mol. The maximum Gasteiger partial charge on any atom is 0.418 e. The van der Waals surface area contributed by atoms with Crippen molar-refractivity contribution in [2.75, 3.05) is 25.5 Å². The predicted octanol–water partition coefficient (Wildman–Crippen LogP) is 2.42. The summed E-state index contributed by atoms with van der Waals surface area (Å²) >= 11 is 0. The number of aryl methyl sites for hydroxylation is 1. The fourth-order valence-corrected chi connectivity index (χ4v) is 5.59. The monoisotopic (exact) mass is 510 g/mol. The molecule has 194 valence electrons. The Kier molecular flexibility index (Phi) is 6.32. The molecule has 37 heavy (non-hydrogen) atoms. The van der Waals surface area contributed by atoms with Crippen LogP contribution in [0.2, 0.25) is 0 Å². The van der Waals surface area contributed by atoms with Crippen LogP contribution >= 0.6 is 0 Å². The Hall–Kier alpha value is -3.99. The molecule has 5 amide bonds. The summed E-state index contributed by atoms with van der Waals surface area (Å²) in [5.41, 5.74) is 1.02. The van der Waals surface area contributed by atoms with Gasteiger partial charge in [0.2, 0.25) is 11.5 Å². The van der Waals surface area contributed by atoms with Crippen LogP contribution in [0.3, 0.4) is 0 Å². The van der Waals surface area contributed by atoms with E-state index in [1.54, 1.807) is 30.3 Å². The maximum absolute atomic E-state index is 13.5. The summed E-state index contributed by atoms with van der Waals surface area (Å²) in [6.07, 6.45) is 0.862. The number of nitrogens with zero attached hydrogens (tertiary/aromatic N) is 2. The zero-order valence-corrected chi connectivity index (χ0v) is 20.2. The van der Waals surface area contributed by atoms with Crippen molar-refractivity contribution in [3.05, 3.63) is 65.0 Å². The van der Waals surface area contributed by atoms with Gasteiger partial charge < -0.3 is 25.4 Å². The van der Waals surface area contributed by atoms with E-state index < -0.39 is 48.0 Å². The summed E-state index contributed by atoms with van der Waals surface area (Å²) in [5, 5.41) is 15.0. The highest BCUT2D eigenvalue weighted by atomic mass is 19.1. The summed E-state index contributed by atoms with van der Waals surface area (Å²) in [5.74, 6) is -1.52. The third-order valence-corrected chi connectivity index (χ3v) is 7.39. The van der Waals surface area contributed by atoms with Gasteiger partial charge in [-0.3, -0.25) is 9.59 Å². The van der Waals surface area contributed by atoms with Crippen molar-refractivity contribution in [1.82, 2.24) is 15.1 Å². The SMILES string of the molecule is CNC(=O)Nc1ccc2c(c1)CCC21OC(=O)N(CC(=O)N2C(c3ccc(F)cc3)CC[C@H]2CO)C1=O. The van der Waals surface area contributed by atoms with Crippen molar-refractivity contribution in [2.24, 2.45) is 0 Å². The number of halogens is 1. The molecule has 10 nitrogen and oxygen atoms in total. The molecule has 5 rings (SSSR count). The van der Waals surface area contributed by atoms with Gasteiger partial charge in [-0.1, -0.05) is 18.2 Å². The molecule has 3 atom stereocenters. The second-order valence-corrected chi connectivity index (χ2v) is 9.44. The van der Waals surface area contributed by atoms with Gasteiger partial charge in [0.05, 0.1) is 18.7 Å². The molecule has 3 N–H and O–H groups in total. The summed E-state index contributed by atoms with van der Waals surface area (Å²) in [6.45, 7) is -0.801. The quantitative estimate of drug-likeness (QED) is 0.567. The summed E-state index contributed by atoms with van der Waals surface area (Å²) < 4.78 is 19.1. The number of fused-ring (bicyclic) bond motifs is 2. The van der Waals surface area contributed by atoms with Gasteiger partial charge in [0, 0.05) is 24.7 Å². The van der Waals surface area contributed by atoms with E-state index in [-0.39, 0.29) is 19.1 Å². The molecule has 2 aromatic rings. The smallest absolute Gasteiger partial charge is 0.418 e. The third kappa shape index (κ3) is 4.18. The summed E-state index contributed by atoms with van der Waals surface area (Å²) in [6, 6.07) is 9.52.